The standard InChI is InChI=1S/C13H26N2O4S/c1-5-20(19)7-6-14-12(18)15-10(8-11(16)17)9-13(2,3)4/h10H,5-9H2,1-4H3,(H,16,17)(H2,14,15,18). The van der Waals surface area contributed by atoms with Crippen molar-refractivity contribution in [1.29, 1.82) is 0 Å². The van der Waals surface area contributed by atoms with Crippen LogP contribution in [0.25, 0.3) is 0 Å². The van der Waals surface area contributed by atoms with Gasteiger partial charge in [0, 0.05) is 34.9 Å². The molecular weight excluding hydrogens is 280 g/mol. The molecule has 0 aliphatic carbocycles. The third-order valence-corrected chi connectivity index (χ3v) is 3.86. The van der Waals surface area contributed by atoms with Crippen molar-refractivity contribution < 1.29 is 18.9 Å². The highest BCUT2D eigenvalue weighted by Crippen LogP contribution is 2.22. The summed E-state index contributed by atoms with van der Waals surface area (Å²) in [4.78, 5) is 22.5. The van der Waals surface area contributed by atoms with Crippen LogP contribution >= 0.6 is 0 Å². The van der Waals surface area contributed by atoms with Gasteiger partial charge in [0.2, 0.25) is 0 Å². The summed E-state index contributed by atoms with van der Waals surface area (Å²) in [6.45, 7) is 8.12. The van der Waals surface area contributed by atoms with E-state index in [1.807, 2.05) is 27.7 Å². The molecule has 20 heavy (non-hydrogen) atoms. The summed E-state index contributed by atoms with van der Waals surface area (Å²) < 4.78 is 11.2. The van der Waals surface area contributed by atoms with E-state index in [0.717, 1.165) is 0 Å². The number of carbonyl (C=O) groups is 2. The fourth-order valence-electron chi connectivity index (χ4n) is 1.78. The molecule has 0 saturated carbocycles. The van der Waals surface area contributed by atoms with Gasteiger partial charge in [0.25, 0.3) is 0 Å². The first-order chi connectivity index (χ1) is 9.14. The summed E-state index contributed by atoms with van der Waals surface area (Å²) in [5.74, 6) is 0.0357. The lowest BCUT2D eigenvalue weighted by molar-refractivity contribution is -0.137. The zero-order chi connectivity index (χ0) is 15.8. The summed E-state index contributed by atoms with van der Waals surface area (Å²) in [6, 6.07) is -0.822. The van der Waals surface area contributed by atoms with Gasteiger partial charge in [-0.2, -0.15) is 0 Å². The fraction of sp³-hybridized carbons (Fsp3) is 0.846. The van der Waals surface area contributed by atoms with Gasteiger partial charge in [-0.25, -0.2) is 4.79 Å². The van der Waals surface area contributed by atoms with Crippen LogP contribution in [0.5, 0.6) is 0 Å². The molecule has 3 N–H and O–H groups in total. The third kappa shape index (κ3) is 10.8. The number of aliphatic carboxylic acids is 1. The molecule has 0 saturated heterocycles. The molecule has 0 fully saturated rings. The van der Waals surface area contributed by atoms with E-state index in [1.165, 1.54) is 0 Å². The van der Waals surface area contributed by atoms with Crippen molar-refractivity contribution in [3.8, 4) is 0 Å². The number of carbonyl (C=O) groups excluding carboxylic acids is 1. The number of carboxylic acids is 1. The summed E-state index contributed by atoms with van der Waals surface area (Å²) in [7, 11) is -0.918. The van der Waals surface area contributed by atoms with Gasteiger partial charge in [-0.3, -0.25) is 9.00 Å². The molecule has 0 aromatic carbocycles. The van der Waals surface area contributed by atoms with Crippen LogP contribution in [0.4, 0.5) is 4.79 Å². The lowest BCUT2D eigenvalue weighted by atomic mass is 9.87. The molecule has 2 unspecified atom stereocenters. The molecule has 118 valence electrons. The van der Waals surface area contributed by atoms with E-state index in [1.54, 1.807) is 0 Å². The predicted molar refractivity (Wildman–Crippen MR) is 80.2 cm³/mol. The highest BCUT2D eigenvalue weighted by molar-refractivity contribution is 7.84. The van der Waals surface area contributed by atoms with E-state index in [4.69, 9.17) is 5.11 Å². The summed E-state index contributed by atoms with van der Waals surface area (Å²) in [6.07, 6.45) is 0.471. The second-order valence-corrected chi connectivity index (χ2v) is 7.76. The average molecular weight is 306 g/mol. The van der Waals surface area contributed by atoms with Gasteiger partial charge >= 0.3 is 12.0 Å². The Balaban J connectivity index is 4.24. The average Bonchev–Trinajstić information content (AvgIpc) is 2.25. The first-order valence-electron chi connectivity index (χ1n) is 6.75. The minimum atomic E-state index is -0.938. The lowest BCUT2D eigenvalue weighted by Crippen LogP contribution is -2.45. The SMILES string of the molecule is CCS(=O)CCNC(=O)NC(CC(=O)O)CC(C)(C)C. The molecular formula is C13H26N2O4S. The van der Waals surface area contributed by atoms with Gasteiger partial charge in [0.1, 0.15) is 0 Å². The Morgan fingerprint density at radius 3 is 2.35 bits per heavy atom. The molecule has 0 bridgehead atoms. The maximum absolute atomic E-state index is 11.7. The quantitative estimate of drug-likeness (QED) is 0.630. The van der Waals surface area contributed by atoms with Crippen molar-refractivity contribution >= 4 is 22.8 Å². The van der Waals surface area contributed by atoms with E-state index in [2.05, 4.69) is 10.6 Å². The smallest absolute Gasteiger partial charge is 0.315 e. The van der Waals surface area contributed by atoms with Crippen LogP contribution in [0.1, 0.15) is 40.5 Å². The Morgan fingerprint density at radius 1 is 1.30 bits per heavy atom. The minimum absolute atomic E-state index is 0.0723. The largest absolute Gasteiger partial charge is 0.481 e. The summed E-state index contributed by atoms with van der Waals surface area (Å²) in [5, 5.41) is 14.1. The Morgan fingerprint density at radius 2 is 1.90 bits per heavy atom. The molecule has 2 atom stereocenters. The van der Waals surface area contributed by atoms with Crippen LogP contribution in [0, 0.1) is 5.41 Å². The van der Waals surface area contributed by atoms with Crippen LogP contribution in [-0.4, -0.2) is 45.4 Å². The zero-order valence-electron chi connectivity index (χ0n) is 12.7. The molecule has 0 rings (SSSR count). The van der Waals surface area contributed by atoms with Crippen molar-refractivity contribution in [2.24, 2.45) is 5.41 Å². The highest BCUT2D eigenvalue weighted by atomic mass is 32.2. The van der Waals surface area contributed by atoms with E-state index < -0.39 is 28.8 Å². The van der Waals surface area contributed by atoms with Crippen molar-refractivity contribution in [2.75, 3.05) is 18.1 Å². The molecule has 0 heterocycles. The number of hydrogen-bond donors (Lipinski definition) is 3. The topological polar surface area (TPSA) is 95.5 Å². The maximum atomic E-state index is 11.7. The number of urea groups is 1. The van der Waals surface area contributed by atoms with Crippen molar-refractivity contribution in [3.63, 3.8) is 0 Å². The van der Waals surface area contributed by atoms with Crippen molar-refractivity contribution in [1.82, 2.24) is 10.6 Å². The normalized spacial score (nSPS) is 14.4. The van der Waals surface area contributed by atoms with Crippen molar-refractivity contribution in [3.05, 3.63) is 0 Å². The van der Waals surface area contributed by atoms with E-state index in [0.29, 0.717) is 24.5 Å². The van der Waals surface area contributed by atoms with Gasteiger partial charge < -0.3 is 15.7 Å². The molecule has 0 radical (unpaired) electrons. The third-order valence-electron chi connectivity index (χ3n) is 2.55. The van der Waals surface area contributed by atoms with Gasteiger partial charge in [0.15, 0.2) is 0 Å². The first kappa shape index (κ1) is 18.9. The van der Waals surface area contributed by atoms with Crippen LogP contribution in [0.2, 0.25) is 0 Å². The zero-order valence-corrected chi connectivity index (χ0v) is 13.5. The van der Waals surface area contributed by atoms with Gasteiger partial charge in [-0.1, -0.05) is 27.7 Å². The summed E-state index contributed by atoms with van der Waals surface area (Å²) >= 11 is 0. The molecule has 2 amide bonds. The Kier molecular flexibility index (Phi) is 8.45. The molecule has 7 heteroatoms. The number of rotatable bonds is 8. The highest BCUT2D eigenvalue weighted by Gasteiger charge is 2.22. The first-order valence-corrected chi connectivity index (χ1v) is 8.24. The number of hydrogen-bond acceptors (Lipinski definition) is 3. The van der Waals surface area contributed by atoms with Crippen LogP contribution in [0.3, 0.4) is 0 Å². The minimum Gasteiger partial charge on any atom is -0.481 e. The Hall–Kier alpha value is -1.11. The van der Waals surface area contributed by atoms with Crippen LogP contribution in [-0.2, 0) is 15.6 Å². The van der Waals surface area contributed by atoms with Gasteiger partial charge in [0.05, 0.1) is 6.42 Å². The molecule has 0 aromatic heterocycles. The molecule has 6 nitrogen and oxygen atoms in total. The van der Waals surface area contributed by atoms with Gasteiger partial charge in [-0.15, -0.1) is 0 Å². The second-order valence-electron chi connectivity index (χ2n) is 5.89. The maximum Gasteiger partial charge on any atom is 0.315 e. The number of nitrogens with one attached hydrogen (secondary N) is 2. The second kappa shape index (κ2) is 8.94. The van der Waals surface area contributed by atoms with Crippen LogP contribution in [0.15, 0.2) is 0 Å². The summed E-state index contributed by atoms with van der Waals surface area (Å²) in [5.41, 5.74) is -0.0723. The molecule has 0 aliphatic heterocycles. The Bertz CT molecular complexity index is 353. The van der Waals surface area contributed by atoms with Crippen molar-refractivity contribution in [2.45, 2.75) is 46.6 Å². The number of amides is 2. The Labute approximate surface area is 123 Å². The fourth-order valence-corrected chi connectivity index (χ4v) is 2.40. The van der Waals surface area contributed by atoms with E-state index in [-0.39, 0.29) is 11.8 Å². The predicted octanol–water partition coefficient (Wildman–Crippen LogP) is 1.33. The monoisotopic (exact) mass is 306 g/mol. The van der Waals surface area contributed by atoms with Gasteiger partial charge in [-0.05, 0) is 11.8 Å². The molecule has 0 aliphatic rings. The molecule has 0 aromatic rings. The van der Waals surface area contributed by atoms with Crippen LogP contribution < -0.4 is 10.6 Å². The van der Waals surface area contributed by atoms with E-state index in [9.17, 15) is 13.8 Å². The molecule has 0 spiro atoms. The van der Waals surface area contributed by atoms with E-state index >= 15 is 0 Å². The number of carboxylic acid groups (broad SMARTS) is 1. The lowest BCUT2D eigenvalue weighted by Gasteiger charge is -2.25.